The van der Waals surface area contributed by atoms with Gasteiger partial charge in [0.15, 0.2) is 0 Å². The number of aliphatic carboxylic acids is 1. The van der Waals surface area contributed by atoms with Crippen LogP contribution in [0, 0.1) is 0 Å². The van der Waals surface area contributed by atoms with E-state index < -0.39 is 5.97 Å². The number of ether oxygens (including phenoxy) is 1. The highest BCUT2D eigenvalue weighted by molar-refractivity contribution is 6.35. The summed E-state index contributed by atoms with van der Waals surface area (Å²) >= 11 is 12.0. The summed E-state index contributed by atoms with van der Waals surface area (Å²) in [5, 5.41) is 9.99. The van der Waals surface area contributed by atoms with Gasteiger partial charge in [0, 0.05) is 16.6 Å². The second-order valence-corrected chi connectivity index (χ2v) is 6.42. The van der Waals surface area contributed by atoms with E-state index in [1.807, 2.05) is 6.07 Å². The van der Waals surface area contributed by atoms with Crippen LogP contribution in [0.1, 0.15) is 36.4 Å². The fraction of sp³-hybridized carbons (Fsp3) is 0.294. The van der Waals surface area contributed by atoms with Gasteiger partial charge in [0.1, 0.15) is 11.5 Å². The van der Waals surface area contributed by atoms with E-state index >= 15 is 0 Å². The van der Waals surface area contributed by atoms with Crippen LogP contribution >= 0.6 is 23.2 Å². The van der Waals surface area contributed by atoms with Gasteiger partial charge in [0.25, 0.3) is 0 Å². The van der Waals surface area contributed by atoms with Crippen molar-refractivity contribution >= 4 is 29.2 Å². The van der Waals surface area contributed by atoms with E-state index in [0.717, 1.165) is 30.5 Å². The quantitative estimate of drug-likeness (QED) is 0.834. The maximum absolute atomic E-state index is 11.0. The highest BCUT2D eigenvalue weighted by Crippen LogP contribution is 2.36. The van der Waals surface area contributed by atoms with Crippen LogP contribution in [0.3, 0.4) is 0 Å². The van der Waals surface area contributed by atoms with E-state index in [0.29, 0.717) is 21.5 Å². The fourth-order valence-corrected chi connectivity index (χ4v) is 3.34. The van der Waals surface area contributed by atoms with Gasteiger partial charge in [-0.05, 0) is 49.1 Å². The minimum atomic E-state index is -0.794. The number of carboxylic acid groups (broad SMARTS) is 1. The van der Waals surface area contributed by atoms with Crippen LogP contribution in [0.15, 0.2) is 30.5 Å². The van der Waals surface area contributed by atoms with Crippen LogP contribution in [0.5, 0.6) is 11.5 Å². The normalized spacial score (nSPS) is 16.7. The lowest BCUT2D eigenvalue weighted by atomic mass is 9.84. The molecule has 0 amide bonds. The smallest absolute Gasteiger partial charge is 0.304 e. The average molecular weight is 352 g/mol. The number of carboxylic acids is 1. The Morgan fingerprint density at radius 1 is 1.35 bits per heavy atom. The Morgan fingerprint density at radius 3 is 2.91 bits per heavy atom. The Bertz CT molecular complexity index is 749. The van der Waals surface area contributed by atoms with Crippen LogP contribution in [-0.4, -0.2) is 16.1 Å². The molecule has 0 spiro atoms. The number of fused-ring (bicyclic) bond motifs is 1. The first-order valence-corrected chi connectivity index (χ1v) is 8.12. The summed E-state index contributed by atoms with van der Waals surface area (Å²) in [5.41, 5.74) is 1.92. The second kappa shape index (κ2) is 6.77. The van der Waals surface area contributed by atoms with Gasteiger partial charge in [-0.15, -0.1) is 0 Å². The molecular formula is C17H15Cl2NO3. The van der Waals surface area contributed by atoms with E-state index in [2.05, 4.69) is 4.98 Å². The van der Waals surface area contributed by atoms with Gasteiger partial charge in [0.2, 0.25) is 0 Å². The molecule has 0 aliphatic heterocycles. The molecule has 3 rings (SSSR count). The molecule has 0 bridgehead atoms. The molecule has 0 fully saturated rings. The third-order valence-electron chi connectivity index (χ3n) is 3.90. The van der Waals surface area contributed by atoms with E-state index in [9.17, 15) is 4.79 Å². The number of carbonyl (C=O) groups is 1. The first-order valence-electron chi connectivity index (χ1n) is 7.36. The third kappa shape index (κ3) is 3.77. The van der Waals surface area contributed by atoms with Crippen molar-refractivity contribution in [3.63, 3.8) is 0 Å². The number of hydrogen-bond acceptors (Lipinski definition) is 3. The summed E-state index contributed by atoms with van der Waals surface area (Å²) in [4.78, 5) is 15.4. The number of benzene rings is 1. The zero-order valence-corrected chi connectivity index (χ0v) is 13.8. The predicted octanol–water partition coefficient (Wildman–Crippen LogP) is 5.08. The largest absolute Gasteiger partial charge is 0.481 e. The molecule has 1 heterocycles. The first-order chi connectivity index (χ1) is 11.0. The molecule has 23 heavy (non-hydrogen) atoms. The zero-order chi connectivity index (χ0) is 16.4. The Balaban J connectivity index is 1.84. The molecule has 1 aliphatic rings. The summed E-state index contributed by atoms with van der Waals surface area (Å²) in [7, 11) is 0. The van der Waals surface area contributed by atoms with Gasteiger partial charge in [-0.3, -0.25) is 9.78 Å². The van der Waals surface area contributed by atoms with Gasteiger partial charge in [0.05, 0.1) is 17.6 Å². The lowest BCUT2D eigenvalue weighted by molar-refractivity contribution is -0.137. The number of pyridine rings is 1. The molecule has 6 heteroatoms. The summed E-state index contributed by atoms with van der Waals surface area (Å²) in [6, 6.07) is 6.95. The molecule has 4 nitrogen and oxygen atoms in total. The molecule has 1 N–H and O–H groups in total. The lowest BCUT2D eigenvalue weighted by Gasteiger charge is -2.23. The van der Waals surface area contributed by atoms with Crippen molar-refractivity contribution in [3.8, 4) is 11.5 Å². The van der Waals surface area contributed by atoms with Gasteiger partial charge >= 0.3 is 5.97 Å². The molecule has 2 aromatic rings. The van der Waals surface area contributed by atoms with Crippen molar-refractivity contribution < 1.29 is 14.6 Å². The zero-order valence-electron chi connectivity index (χ0n) is 12.3. The number of aromatic nitrogens is 1. The molecule has 1 unspecified atom stereocenters. The Morgan fingerprint density at radius 2 is 2.17 bits per heavy atom. The molecule has 0 radical (unpaired) electrons. The minimum Gasteiger partial charge on any atom is -0.481 e. The summed E-state index contributed by atoms with van der Waals surface area (Å²) in [5.74, 6) is 0.280. The van der Waals surface area contributed by atoms with E-state index in [1.165, 1.54) is 0 Å². The van der Waals surface area contributed by atoms with Crippen LogP contribution in [-0.2, 0) is 11.2 Å². The van der Waals surface area contributed by atoms with Crippen molar-refractivity contribution in [1.82, 2.24) is 4.98 Å². The second-order valence-electron chi connectivity index (χ2n) is 5.58. The molecule has 0 saturated carbocycles. The molecule has 120 valence electrons. The highest BCUT2D eigenvalue weighted by Gasteiger charge is 2.24. The summed E-state index contributed by atoms with van der Waals surface area (Å²) < 4.78 is 5.78. The SMILES string of the molecule is O=C(O)CC1CCCc2cc(Oc3ccc(Cl)cc3Cl)cnc21. The Kier molecular flexibility index (Phi) is 4.74. The van der Waals surface area contributed by atoms with Gasteiger partial charge < -0.3 is 9.84 Å². The van der Waals surface area contributed by atoms with Crippen LogP contribution in [0.2, 0.25) is 10.0 Å². The van der Waals surface area contributed by atoms with Crippen molar-refractivity contribution in [2.75, 3.05) is 0 Å². The van der Waals surface area contributed by atoms with Gasteiger partial charge in [-0.2, -0.15) is 0 Å². The monoisotopic (exact) mass is 351 g/mol. The topological polar surface area (TPSA) is 59.4 Å². The van der Waals surface area contributed by atoms with Crippen molar-refractivity contribution in [2.24, 2.45) is 0 Å². The van der Waals surface area contributed by atoms with E-state index in [4.69, 9.17) is 33.0 Å². The molecule has 1 aromatic heterocycles. The highest BCUT2D eigenvalue weighted by atomic mass is 35.5. The van der Waals surface area contributed by atoms with Crippen LogP contribution in [0.25, 0.3) is 0 Å². The number of halogens is 2. The van der Waals surface area contributed by atoms with Crippen molar-refractivity contribution in [3.05, 3.63) is 51.8 Å². The summed E-state index contributed by atoms with van der Waals surface area (Å²) in [6.07, 6.45) is 4.42. The number of rotatable bonds is 4. The summed E-state index contributed by atoms with van der Waals surface area (Å²) in [6.45, 7) is 0. The maximum atomic E-state index is 11.0. The van der Waals surface area contributed by atoms with E-state index in [-0.39, 0.29) is 12.3 Å². The minimum absolute atomic E-state index is 0.0237. The van der Waals surface area contributed by atoms with Crippen molar-refractivity contribution in [2.45, 2.75) is 31.6 Å². The fourth-order valence-electron chi connectivity index (χ4n) is 2.89. The number of aryl methyl sites for hydroxylation is 1. The molecule has 1 aliphatic carbocycles. The standard InChI is InChI=1S/C17H15Cl2NO3/c18-12-4-5-15(14(19)8-12)23-13-6-10-2-1-3-11(7-16(21)22)17(10)20-9-13/h4-6,8-9,11H,1-3,7H2,(H,21,22). The van der Waals surface area contributed by atoms with Gasteiger partial charge in [-0.1, -0.05) is 23.2 Å². The van der Waals surface area contributed by atoms with Gasteiger partial charge in [-0.25, -0.2) is 0 Å². The van der Waals surface area contributed by atoms with Crippen molar-refractivity contribution in [1.29, 1.82) is 0 Å². The first kappa shape index (κ1) is 16.1. The molecular weight excluding hydrogens is 337 g/mol. The molecule has 1 atom stereocenters. The number of nitrogens with zero attached hydrogens (tertiary/aromatic N) is 1. The number of hydrogen-bond donors (Lipinski definition) is 1. The lowest BCUT2D eigenvalue weighted by Crippen LogP contribution is -2.15. The molecule has 1 aromatic carbocycles. The maximum Gasteiger partial charge on any atom is 0.304 e. The van der Waals surface area contributed by atoms with E-state index in [1.54, 1.807) is 24.4 Å². The average Bonchev–Trinajstić information content (AvgIpc) is 2.50. The Labute approximate surface area is 144 Å². The Hall–Kier alpha value is -1.78. The molecule has 0 saturated heterocycles. The predicted molar refractivity (Wildman–Crippen MR) is 88.7 cm³/mol. The van der Waals surface area contributed by atoms with Crippen LogP contribution in [0.4, 0.5) is 0 Å². The third-order valence-corrected chi connectivity index (χ3v) is 4.43. The van der Waals surface area contributed by atoms with Crippen LogP contribution < -0.4 is 4.74 Å².